The molecule has 0 aromatic carbocycles. The molecule has 0 bridgehead atoms. The van der Waals surface area contributed by atoms with E-state index in [0.29, 0.717) is 11.8 Å². The van der Waals surface area contributed by atoms with Gasteiger partial charge in [0.15, 0.2) is 0 Å². The number of carbonyl (C=O) groups excluding carboxylic acids is 1. The van der Waals surface area contributed by atoms with Gasteiger partial charge in [-0.2, -0.15) is 0 Å². The minimum atomic E-state index is -0.0189. The van der Waals surface area contributed by atoms with E-state index in [4.69, 9.17) is 0 Å². The van der Waals surface area contributed by atoms with Gasteiger partial charge in [-0.3, -0.25) is 4.79 Å². The lowest BCUT2D eigenvalue weighted by atomic mass is 9.94. The van der Waals surface area contributed by atoms with Crippen molar-refractivity contribution in [3.8, 4) is 0 Å². The summed E-state index contributed by atoms with van der Waals surface area (Å²) < 4.78 is 3.72. The molecule has 1 aliphatic carbocycles. The number of anilines is 1. The lowest BCUT2D eigenvalue weighted by molar-refractivity contribution is -0.118. The second kappa shape index (κ2) is 4.10. The highest BCUT2D eigenvalue weighted by molar-refractivity contribution is 7.10. The van der Waals surface area contributed by atoms with Gasteiger partial charge < -0.3 is 10.6 Å². The molecule has 0 radical (unpaired) electrons. The lowest BCUT2D eigenvalue weighted by Crippen LogP contribution is -2.39. The minimum absolute atomic E-state index is 0.0189. The fourth-order valence-corrected chi connectivity index (χ4v) is 3.32. The van der Waals surface area contributed by atoms with E-state index in [2.05, 4.69) is 20.2 Å². The molecule has 1 saturated carbocycles. The maximum atomic E-state index is 12.0. The van der Waals surface area contributed by atoms with E-state index in [1.165, 1.54) is 30.8 Å². The van der Waals surface area contributed by atoms with Crippen LogP contribution in [0.5, 0.6) is 0 Å². The van der Waals surface area contributed by atoms with Crippen molar-refractivity contribution in [1.82, 2.24) is 14.9 Å². The third-order valence-electron chi connectivity index (χ3n) is 3.64. The van der Waals surface area contributed by atoms with Crippen LogP contribution < -0.4 is 10.6 Å². The van der Waals surface area contributed by atoms with Gasteiger partial charge in [-0.05, 0) is 31.2 Å². The number of fused-ring (bicyclic) bond motifs is 1. The molecular weight excluding hydrogens is 224 g/mol. The first kappa shape index (κ1) is 10.2. The summed E-state index contributed by atoms with van der Waals surface area (Å²) in [5.74, 6) is 1.30. The number of nitrogens with zero attached hydrogens (tertiary/aromatic N) is 2. The van der Waals surface area contributed by atoms with E-state index in [1.807, 2.05) is 0 Å². The summed E-state index contributed by atoms with van der Waals surface area (Å²) in [6, 6.07) is -0.0189. The molecule has 1 aromatic rings. The minimum Gasteiger partial charge on any atom is -0.314 e. The standard InChI is InChI=1S/C10H14N4OS/c15-10(13-8-5-12-14-16-8)9-7-3-1-2-6(7)4-11-9/h5-7,9,11H,1-4H2,(H,13,15). The van der Waals surface area contributed by atoms with Crippen molar-refractivity contribution in [1.29, 1.82) is 0 Å². The fourth-order valence-electron chi connectivity index (χ4n) is 2.90. The number of hydrogen-bond acceptors (Lipinski definition) is 5. The van der Waals surface area contributed by atoms with Gasteiger partial charge in [0.05, 0.1) is 12.2 Å². The number of nitrogens with one attached hydrogen (secondary N) is 2. The number of amides is 1. The van der Waals surface area contributed by atoms with Crippen molar-refractivity contribution in [3.05, 3.63) is 6.20 Å². The smallest absolute Gasteiger partial charge is 0.242 e. The SMILES string of the molecule is O=C(Nc1cnns1)C1NCC2CCCC21. The van der Waals surface area contributed by atoms with Crippen molar-refractivity contribution in [2.24, 2.45) is 11.8 Å². The molecule has 5 nitrogen and oxygen atoms in total. The van der Waals surface area contributed by atoms with Gasteiger partial charge in [-0.15, -0.1) is 5.10 Å². The Hall–Kier alpha value is -1.01. The highest BCUT2D eigenvalue weighted by Crippen LogP contribution is 2.37. The lowest BCUT2D eigenvalue weighted by Gasteiger charge is -2.16. The zero-order valence-corrected chi connectivity index (χ0v) is 9.67. The number of hydrogen-bond donors (Lipinski definition) is 2. The molecule has 0 spiro atoms. The molecular formula is C10H14N4OS. The van der Waals surface area contributed by atoms with Crippen LogP contribution in [-0.2, 0) is 4.79 Å². The Morgan fingerprint density at radius 3 is 3.31 bits per heavy atom. The van der Waals surface area contributed by atoms with Crippen molar-refractivity contribution < 1.29 is 4.79 Å². The topological polar surface area (TPSA) is 66.9 Å². The van der Waals surface area contributed by atoms with Gasteiger partial charge in [0, 0.05) is 11.5 Å². The quantitative estimate of drug-likeness (QED) is 0.802. The molecule has 3 unspecified atom stereocenters. The Bertz CT molecular complexity index is 380. The van der Waals surface area contributed by atoms with Gasteiger partial charge >= 0.3 is 0 Å². The van der Waals surface area contributed by atoms with Gasteiger partial charge in [-0.25, -0.2) is 0 Å². The number of rotatable bonds is 2. The van der Waals surface area contributed by atoms with Gasteiger partial charge in [-0.1, -0.05) is 10.9 Å². The predicted molar refractivity (Wildman–Crippen MR) is 61.2 cm³/mol. The maximum absolute atomic E-state index is 12.0. The monoisotopic (exact) mass is 238 g/mol. The predicted octanol–water partition coefficient (Wildman–Crippen LogP) is 0.865. The van der Waals surface area contributed by atoms with Crippen molar-refractivity contribution in [2.75, 3.05) is 11.9 Å². The first-order chi connectivity index (χ1) is 7.84. The Labute approximate surface area is 97.8 Å². The van der Waals surface area contributed by atoms with Crippen LogP contribution in [0.25, 0.3) is 0 Å². The van der Waals surface area contributed by atoms with Crippen molar-refractivity contribution in [3.63, 3.8) is 0 Å². The van der Waals surface area contributed by atoms with Gasteiger partial charge in [0.1, 0.15) is 5.00 Å². The Morgan fingerprint density at radius 2 is 2.50 bits per heavy atom. The molecule has 2 heterocycles. The average molecular weight is 238 g/mol. The molecule has 1 aromatic heterocycles. The van der Waals surface area contributed by atoms with Crippen LogP contribution in [0, 0.1) is 11.8 Å². The summed E-state index contributed by atoms with van der Waals surface area (Å²) in [5.41, 5.74) is 0. The molecule has 3 rings (SSSR count). The van der Waals surface area contributed by atoms with Crippen LogP contribution in [0.1, 0.15) is 19.3 Å². The third kappa shape index (κ3) is 1.72. The number of aromatic nitrogens is 2. The van der Waals surface area contributed by atoms with Crippen LogP contribution in [-0.4, -0.2) is 28.1 Å². The molecule has 1 aliphatic heterocycles. The number of carbonyl (C=O) groups is 1. The van der Waals surface area contributed by atoms with Crippen molar-refractivity contribution >= 4 is 22.4 Å². The Kier molecular flexibility index (Phi) is 2.61. The van der Waals surface area contributed by atoms with Crippen molar-refractivity contribution in [2.45, 2.75) is 25.3 Å². The zero-order valence-electron chi connectivity index (χ0n) is 8.85. The van der Waals surface area contributed by atoms with E-state index in [0.717, 1.165) is 11.5 Å². The summed E-state index contributed by atoms with van der Waals surface area (Å²) in [4.78, 5) is 12.0. The van der Waals surface area contributed by atoms with Crippen LogP contribution in [0.15, 0.2) is 6.20 Å². The highest BCUT2D eigenvalue weighted by Gasteiger charge is 2.42. The normalized spacial score (nSPS) is 32.6. The fraction of sp³-hybridized carbons (Fsp3) is 0.700. The second-order valence-corrected chi connectivity index (χ2v) is 5.30. The highest BCUT2D eigenvalue weighted by atomic mass is 32.1. The molecule has 2 N–H and O–H groups in total. The molecule has 86 valence electrons. The maximum Gasteiger partial charge on any atom is 0.242 e. The summed E-state index contributed by atoms with van der Waals surface area (Å²) in [6.07, 6.45) is 5.30. The molecule has 1 amide bonds. The van der Waals surface area contributed by atoms with E-state index in [9.17, 15) is 4.79 Å². The average Bonchev–Trinajstić information content (AvgIpc) is 2.92. The Balaban J connectivity index is 1.67. The molecule has 1 saturated heterocycles. The zero-order chi connectivity index (χ0) is 11.0. The molecule has 16 heavy (non-hydrogen) atoms. The van der Waals surface area contributed by atoms with Crippen LogP contribution >= 0.6 is 11.5 Å². The third-order valence-corrected chi connectivity index (χ3v) is 4.22. The summed E-state index contributed by atoms with van der Waals surface area (Å²) in [5, 5.41) is 10.6. The van der Waals surface area contributed by atoms with E-state index < -0.39 is 0 Å². The van der Waals surface area contributed by atoms with E-state index >= 15 is 0 Å². The summed E-state index contributed by atoms with van der Waals surface area (Å²) in [7, 11) is 0. The molecule has 2 aliphatic rings. The van der Waals surface area contributed by atoms with E-state index in [-0.39, 0.29) is 11.9 Å². The largest absolute Gasteiger partial charge is 0.314 e. The van der Waals surface area contributed by atoms with Crippen LogP contribution in [0.3, 0.4) is 0 Å². The first-order valence-electron chi connectivity index (χ1n) is 5.66. The molecule has 6 heteroatoms. The molecule has 3 atom stereocenters. The second-order valence-electron chi connectivity index (χ2n) is 4.51. The van der Waals surface area contributed by atoms with Crippen LogP contribution in [0.2, 0.25) is 0 Å². The van der Waals surface area contributed by atoms with Gasteiger partial charge in [0.2, 0.25) is 5.91 Å². The summed E-state index contributed by atoms with van der Waals surface area (Å²) >= 11 is 1.21. The van der Waals surface area contributed by atoms with Crippen LogP contribution in [0.4, 0.5) is 5.00 Å². The van der Waals surface area contributed by atoms with E-state index in [1.54, 1.807) is 6.20 Å². The molecule has 2 fully saturated rings. The first-order valence-corrected chi connectivity index (χ1v) is 6.43. The van der Waals surface area contributed by atoms with Gasteiger partial charge in [0.25, 0.3) is 0 Å². The Morgan fingerprint density at radius 1 is 1.56 bits per heavy atom. The summed E-state index contributed by atoms with van der Waals surface area (Å²) in [6.45, 7) is 0.990.